The second-order valence-corrected chi connectivity index (χ2v) is 16.3. The molecule has 3 heterocycles. The smallest absolute Gasteiger partial charge is 0.138 e. The van der Waals surface area contributed by atoms with E-state index < -0.39 is 0 Å². The Morgan fingerprint density at radius 2 is 0.871 bits per heavy atom. The number of rotatable bonds is 5. The second-order valence-electron chi connectivity index (χ2n) is 16.3. The van der Waals surface area contributed by atoms with Gasteiger partial charge in [-0.3, -0.25) is 4.57 Å². The molecule has 13 rings (SSSR count). The molecule has 0 aliphatic rings. The number of benzene rings is 10. The lowest BCUT2D eigenvalue weighted by Gasteiger charge is -2.16. The van der Waals surface area contributed by atoms with Gasteiger partial charge < -0.3 is 4.57 Å². The summed E-state index contributed by atoms with van der Waals surface area (Å²) in [6, 6.07) is 81.6. The van der Waals surface area contributed by atoms with Gasteiger partial charge in [0.2, 0.25) is 0 Å². The summed E-state index contributed by atoms with van der Waals surface area (Å²) in [7, 11) is 0. The maximum absolute atomic E-state index is 5.62. The van der Waals surface area contributed by atoms with Crippen LogP contribution < -0.4 is 0 Å². The van der Waals surface area contributed by atoms with E-state index in [1.165, 1.54) is 76.4 Å². The van der Waals surface area contributed by atoms with Gasteiger partial charge in [0.25, 0.3) is 0 Å². The predicted octanol–water partition coefficient (Wildman–Crippen LogP) is 15.7. The first-order valence-electron chi connectivity index (χ1n) is 21.3. The summed E-state index contributed by atoms with van der Waals surface area (Å²) in [5.41, 5.74) is 12.6. The van der Waals surface area contributed by atoms with E-state index in [1.54, 1.807) is 0 Å². The van der Waals surface area contributed by atoms with Crippen LogP contribution in [0, 0.1) is 0 Å². The zero-order valence-corrected chi connectivity index (χ0v) is 33.7. The molecule has 0 spiro atoms. The van der Waals surface area contributed by atoms with Crippen LogP contribution in [0.5, 0.6) is 0 Å². The first kappa shape index (κ1) is 34.6. The third kappa shape index (κ3) is 5.22. The Morgan fingerprint density at radius 3 is 1.65 bits per heavy atom. The fourth-order valence-electron chi connectivity index (χ4n) is 10.1. The number of nitrogens with zero attached hydrogens (tertiary/aromatic N) is 3. The van der Waals surface area contributed by atoms with E-state index >= 15 is 0 Å². The van der Waals surface area contributed by atoms with Crippen molar-refractivity contribution in [2.75, 3.05) is 0 Å². The molecule has 0 N–H and O–H groups in total. The largest absolute Gasteiger partial charge is 0.309 e. The van der Waals surface area contributed by atoms with Crippen LogP contribution in [0.3, 0.4) is 0 Å². The van der Waals surface area contributed by atoms with E-state index in [0.717, 1.165) is 44.6 Å². The Hall–Kier alpha value is -8.27. The van der Waals surface area contributed by atoms with Gasteiger partial charge in [-0.25, -0.2) is 4.98 Å². The zero-order valence-electron chi connectivity index (χ0n) is 33.7. The Labute approximate surface area is 358 Å². The molecule has 0 bridgehead atoms. The first-order chi connectivity index (χ1) is 30.8. The van der Waals surface area contributed by atoms with Gasteiger partial charge in [-0.15, -0.1) is 0 Å². The third-order valence-corrected chi connectivity index (χ3v) is 12.9. The molecule has 62 heavy (non-hydrogen) atoms. The molecule has 0 aliphatic carbocycles. The van der Waals surface area contributed by atoms with Crippen LogP contribution in [0.2, 0.25) is 0 Å². The van der Waals surface area contributed by atoms with Crippen LogP contribution in [0.15, 0.2) is 224 Å². The highest BCUT2D eigenvalue weighted by atomic mass is 15.1. The second kappa shape index (κ2) is 13.6. The fourth-order valence-corrected chi connectivity index (χ4v) is 10.1. The van der Waals surface area contributed by atoms with Gasteiger partial charge in [0.1, 0.15) is 5.82 Å². The molecule has 0 unspecified atom stereocenters. The Morgan fingerprint density at radius 1 is 0.306 bits per heavy atom. The van der Waals surface area contributed by atoms with Crippen molar-refractivity contribution in [1.29, 1.82) is 0 Å². The Bertz CT molecular complexity index is 3890. The Kier molecular flexibility index (Phi) is 7.60. The number of hydrogen-bond acceptors (Lipinski definition) is 1. The number of fused-ring (bicyclic) bond motifs is 10. The van der Waals surface area contributed by atoms with Crippen molar-refractivity contribution in [1.82, 2.24) is 14.1 Å². The highest BCUT2D eigenvalue weighted by Gasteiger charge is 2.24. The monoisotopic (exact) mass is 787 g/mol. The van der Waals surface area contributed by atoms with Crippen molar-refractivity contribution >= 4 is 75.9 Å². The highest BCUT2D eigenvalue weighted by Crippen LogP contribution is 2.46. The minimum absolute atomic E-state index is 0.894. The summed E-state index contributed by atoms with van der Waals surface area (Å²) in [4.78, 5) is 5.62. The summed E-state index contributed by atoms with van der Waals surface area (Å²) >= 11 is 0. The highest BCUT2D eigenvalue weighted by molar-refractivity contribution is 6.27. The molecular weight excluding hydrogens is 751 g/mol. The van der Waals surface area contributed by atoms with Gasteiger partial charge in [-0.05, 0) is 92.2 Å². The lowest BCUT2D eigenvalue weighted by atomic mass is 9.93. The molecule has 0 atom stereocenters. The summed E-state index contributed by atoms with van der Waals surface area (Å²) in [6.07, 6.45) is 0. The van der Waals surface area contributed by atoms with Crippen molar-refractivity contribution in [3.05, 3.63) is 224 Å². The normalized spacial score (nSPS) is 11.9. The van der Waals surface area contributed by atoms with E-state index in [2.05, 4.69) is 234 Å². The lowest BCUT2D eigenvalue weighted by Crippen LogP contribution is -2.01. The van der Waals surface area contributed by atoms with E-state index in [9.17, 15) is 0 Å². The van der Waals surface area contributed by atoms with Crippen molar-refractivity contribution in [2.24, 2.45) is 0 Å². The van der Waals surface area contributed by atoms with Crippen LogP contribution in [0.25, 0.3) is 121 Å². The SMILES string of the molecule is c1ccc(-c2ccc(-n3c4ccccc4c4cc(-c5c6ccccc6cc6c7c8ccccc8ccc7n(-c7cc8ccccc8c(-c8ccccc8)n7)c56)ccc43)cc2)cc1. The van der Waals surface area contributed by atoms with Crippen LogP contribution in [-0.2, 0) is 0 Å². The Balaban J connectivity index is 1.13. The molecule has 13 aromatic rings. The van der Waals surface area contributed by atoms with Gasteiger partial charge in [0.05, 0.1) is 27.8 Å². The van der Waals surface area contributed by atoms with Gasteiger partial charge in [0.15, 0.2) is 0 Å². The number of hydrogen-bond donors (Lipinski definition) is 0. The summed E-state index contributed by atoms with van der Waals surface area (Å²) in [5.74, 6) is 0.894. The quantitative estimate of drug-likeness (QED) is 0.170. The average Bonchev–Trinajstić information content (AvgIpc) is 3.86. The minimum Gasteiger partial charge on any atom is -0.309 e. The average molecular weight is 788 g/mol. The molecule has 0 amide bonds. The first-order valence-corrected chi connectivity index (χ1v) is 21.3. The molecule has 3 heteroatoms. The van der Waals surface area contributed by atoms with Crippen molar-refractivity contribution in [3.8, 4) is 45.0 Å². The summed E-state index contributed by atoms with van der Waals surface area (Å²) in [5, 5.41) is 12.0. The van der Waals surface area contributed by atoms with E-state index in [-0.39, 0.29) is 0 Å². The standard InChI is InChI=1S/C59H37N3/c1-3-15-38(16-4-1)39-27-31-45(32-28-39)61-52-26-14-13-25-49(52)50-36-44(30-33-53(50)61)56-47-23-11-8-20-42(47)35-51-57-46-22-10-7-17-40(46)29-34-54(57)62(59(51)56)55-37-43-21-9-12-24-48(43)58(60-55)41-18-5-2-6-19-41/h1-37H. The number of pyridine rings is 1. The third-order valence-electron chi connectivity index (χ3n) is 12.9. The minimum atomic E-state index is 0.894. The van der Waals surface area contributed by atoms with Crippen molar-refractivity contribution in [3.63, 3.8) is 0 Å². The van der Waals surface area contributed by atoms with Crippen LogP contribution in [0.4, 0.5) is 0 Å². The summed E-state index contributed by atoms with van der Waals surface area (Å²) < 4.78 is 4.86. The van der Waals surface area contributed by atoms with Crippen molar-refractivity contribution in [2.45, 2.75) is 0 Å². The topological polar surface area (TPSA) is 22.8 Å². The van der Waals surface area contributed by atoms with Crippen LogP contribution >= 0.6 is 0 Å². The fraction of sp³-hybridized carbons (Fsp3) is 0. The van der Waals surface area contributed by atoms with E-state index in [1.807, 2.05) is 0 Å². The van der Waals surface area contributed by atoms with Gasteiger partial charge >= 0.3 is 0 Å². The van der Waals surface area contributed by atoms with E-state index in [4.69, 9.17) is 4.98 Å². The van der Waals surface area contributed by atoms with E-state index in [0.29, 0.717) is 0 Å². The van der Waals surface area contributed by atoms with Crippen LogP contribution in [0.1, 0.15) is 0 Å². The molecule has 0 aliphatic heterocycles. The maximum atomic E-state index is 5.62. The molecule has 0 radical (unpaired) electrons. The van der Waals surface area contributed by atoms with Crippen molar-refractivity contribution < 1.29 is 0 Å². The molecule has 3 nitrogen and oxygen atoms in total. The molecule has 0 saturated heterocycles. The number of aromatic nitrogens is 3. The molecule has 0 fully saturated rings. The molecule has 10 aromatic carbocycles. The molecule has 288 valence electrons. The van der Waals surface area contributed by atoms with Crippen LogP contribution in [-0.4, -0.2) is 14.1 Å². The number of para-hydroxylation sites is 1. The molecule has 3 aromatic heterocycles. The zero-order chi connectivity index (χ0) is 40.7. The predicted molar refractivity (Wildman–Crippen MR) is 262 cm³/mol. The summed E-state index contributed by atoms with van der Waals surface area (Å²) in [6.45, 7) is 0. The molecular formula is C59H37N3. The van der Waals surface area contributed by atoms with Gasteiger partial charge in [-0.2, -0.15) is 0 Å². The van der Waals surface area contributed by atoms with Gasteiger partial charge in [-0.1, -0.05) is 176 Å². The lowest BCUT2D eigenvalue weighted by molar-refractivity contribution is 1.09. The van der Waals surface area contributed by atoms with Gasteiger partial charge in [0, 0.05) is 43.7 Å². The molecule has 0 saturated carbocycles. The maximum Gasteiger partial charge on any atom is 0.138 e.